The van der Waals surface area contributed by atoms with Crippen LogP contribution in [0.15, 0.2) is 46.4 Å². The van der Waals surface area contributed by atoms with Crippen LogP contribution >= 0.6 is 27.3 Å². The summed E-state index contributed by atoms with van der Waals surface area (Å²) in [6, 6.07) is 10.0. The summed E-state index contributed by atoms with van der Waals surface area (Å²) >= 11 is 4.95. The lowest BCUT2D eigenvalue weighted by Gasteiger charge is -2.00. The zero-order valence-electron chi connectivity index (χ0n) is 10.6. The van der Waals surface area contributed by atoms with Gasteiger partial charge in [0.2, 0.25) is 0 Å². The summed E-state index contributed by atoms with van der Waals surface area (Å²) in [4.78, 5) is 11.2. The summed E-state index contributed by atoms with van der Waals surface area (Å²) in [6.45, 7) is 0. The molecule has 0 spiro atoms. The van der Waals surface area contributed by atoms with E-state index in [9.17, 15) is 10.1 Å². The molecule has 0 aliphatic rings. The Morgan fingerprint density at radius 1 is 1.24 bits per heavy atom. The quantitative estimate of drug-likeness (QED) is 0.564. The molecule has 21 heavy (non-hydrogen) atoms. The van der Waals surface area contributed by atoms with E-state index in [0.717, 1.165) is 8.66 Å². The Kier molecular flexibility index (Phi) is 3.48. The van der Waals surface area contributed by atoms with Crippen LogP contribution in [-0.2, 0) is 0 Å². The fourth-order valence-corrected chi connectivity index (χ4v) is 3.27. The molecule has 106 valence electrons. The highest BCUT2D eigenvalue weighted by Crippen LogP contribution is 2.34. The number of nitrogen functional groups attached to an aromatic ring is 1. The number of anilines is 1. The molecule has 0 saturated carbocycles. The number of hydrogen-bond acceptors (Lipinski definition) is 5. The van der Waals surface area contributed by atoms with Gasteiger partial charge in [-0.3, -0.25) is 10.1 Å². The highest BCUT2D eigenvalue weighted by Gasteiger charge is 2.12. The fourth-order valence-electron chi connectivity index (χ4n) is 1.88. The predicted octanol–water partition coefficient (Wildman–Crippen LogP) is 3.85. The molecule has 2 heterocycles. The SMILES string of the molecule is Nc1cn(-c2ccc([N+](=O)[O-])cc2)nc1-c1ccc(Br)s1. The molecule has 0 atom stereocenters. The van der Waals surface area contributed by atoms with E-state index in [0.29, 0.717) is 17.1 Å². The highest BCUT2D eigenvalue weighted by atomic mass is 79.9. The van der Waals surface area contributed by atoms with Gasteiger partial charge in [-0.15, -0.1) is 11.3 Å². The summed E-state index contributed by atoms with van der Waals surface area (Å²) in [5, 5.41) is 15.1. The van der Waals surface area contributed by atoms with Gasteiger partial charge in [0.05, 0.1) is 31.2 Å². The highest BCUT2D eigenvalue weighted by molar-refractivity contribution is 9.11. The predicted molar refractivity (Wildman–Crippen MR) is 85.6 cm³/mol. The third kappa shape index (κ3) is 2.67. The number of benzene rings is 1. The maximum absolute atomic E-state index is 10.7. The van der Waals surface area contributed by atoms with Crippen LogP contribution < -0.4 is 5.73 Å². The Hall–Kier alpha value is -2.19. The molecule has 3 rings (SSSR count). The Morgan fingerprint density at radius 2 is 1.95 bits per heavy atom. The minimum absolute atomic E-state index is 0.0429. The van der Waals surface area contributed by atoms with Crippen molar-refractivity contribution in [3.63, 3.8) is 0 Å². The van der Waals surface area contributed by atoms with Crippen molar-refractivity contribution in [3.05, 3.63) is 56.5 Å². The maximum atomic E-state index is 10.7. The molecule has 0 aliphatic carbocycles. The average molecular weight is 365 g/mol. The van der Waals surface area contributed by atoms with E-state index in [4.69, 9.17) is 5.73 Å². The number of nitrogens with zero attached hydrogens (tertiary/aromatic N) is 3. The van der Waals surface area contributed by atoms with Crippen molar-refractivity contribution in [2.75, 3.05) is 5.73 Å². The average Bonchev–Trinajstić information content (AvgIpc) is 3.05. The van der Waals surface area contributed by atoms with Crippen LogP contribution in [0.3, 0.4) is 0 Å². The van der Waals surface area contributed by atoms with E-state index in [1.807, 2.05) is 12.1 Å². The summed E-state index contributed by atoms with van der Waals surface area (Å²) in [6.07, 6.45) is 1.70. The number of aromatic nitrogens is 2. The van der Waals surface area contributed by atoms with Crippen LogP contribution in [0, 0.1) is 10.1 Å². The van der Waals surface area contributed by atoms with E-state index in [-0.39, 0.29) is 5.69 Å². The first-order chi connectivity index (χ1) is 10.0. The molecule has 3 aromatic rings. The summed E-state index contributed by atoms with van der Waals surface area (Å²) in [7, 11) is 0. The Labute approximate surface area is 132 Å². The monoisotopic (exact) mass is 364 g/mol. The van der Waals surface area contributed by atoms with Crippen molar-refractivity contribution in [2.45, 2.75) is 0 Å². The Balaban J connectivity index is 1.98. The van der Waals surface area contributed by atoms with Crippen molar-refractivity contribution in [2.24, 2.45) is 0 Å². The van der Waals surface area contributed by atoms with Gasteiger partial charge < -0.3 is 5.73 Å². The lowest BCUT2D eigenvalue weighted by atomic mass is 10.3. The van der Waals surface area contributed by atoms with Gasteiger partial charge in [-0.1, -0.05) is 0 Å². The third-order valence-corrected chi connectivity index (χ3v) is 4.50. The normalized spacial score (nSPS) is 10.7. The second kappa shape index (κ2) is 5.30. The molecule has 6 nitrogen and oxygen atoms in total. The Morgan fingerprint density at radius 3 is 2.52 bits per heavy atom. The van der Waals surface area contributed by atoms with Gasteiger partial charge in [-0.25, -0.2) is 4.68 Å². The van der Waals surface area contributed by atoms with Crippen molar-refractivity contribution < 1.29 is 4.92 Å². The van der Waals surface area contributed by atoms with Crippen LogP contribution in [0.2, 0.25) is 0 Å². The zero-order chi connectivity index (χ0) is 15.0. The minimum Gasteiger partial charge on any atom is -0.396 e. The molecule has 2 N–H and O–H groups in total. The van der Waals surface area contributed by atoms with Gasteiger partial charge in [-0.2, -0.15) is 5.10 Å². The van der Waals surface area contributed by atoms with Gasteiger partial charge in [0, 0.05) is 12.1 Å². The molecule has 0 amide bonds. The van der Waals surface area contributed by atoms with Crippen LogP contribution in [0.5, 0.6) is 0 Å². The van der Waals surface area contributed by atoms with Gasteiger partial charge in [-0.05, 0) is 40.2 Å². The second-order valence-electron chi connectivity index (χ2n) is 4.25. The van der Waals surface area contributed by atoms with Gasteiger partial charge in [0.25, 0.3) is 5.69 Å². The molecule has 0 fully saturated rings. The number of nitro groups is 1. The number of halogens is 1. The van der Waals surface area contributed by atoms with E-state index < -0.39 is 4.92 Å². The molecule has 0 radical (unpaired) electrons. The molecule has 0 unspecified atom stereocenters. The molecular formula is C13H9BrN4O2S. The smallest absolute Gasteiger partial charge is 0.269 e. The summed E-state index contributed by atoms with van der Waals surface area (Å²) in [5.74, 6) is 0. The van der Waals surface area contributed by atoms with E-state index in [1.54, 1.807) is 34.3 Å². The van der Waals surface area contributed by atoms with Gasteiger partial charge >= 0.3 is 0 Å². The minimum atomic E-state index is -0.435. The number of hydrogen-bond donors (Lipinski definition) is 1. The number of rotatable bonds is 3. The van der Waals surface area contributed by atoms with Crippen molar-refractivity contribution in [3.8, 4) is 16.3 Å². The van der Waals surface area contributed by atoms with Gasteiger partial charge in [0.1, 0.15) is 5.69 Å². The topological polar surface area (TPSA) is 87.0 Å². The standard InChI is InChI=1S/C13H9BrN4O2S/c14-12-6-5-11(21-12)13-10(15)7-17(16-13)8-1-3-9(4-2-8)18(19)20/h1-7H,15H2. The number of nitro benzene ring substituents is 1. The number of non-ortho nitro benzene ring substituents is 1. The summed E-state index contributed by atoms with van der Waals surface area (Å²) < 4.78 is 2.61. The van der Waals surface area contributed by atoms with Crippen LogP contribution in [0.4, 0.5) is 11.4 Å². The summed E-state index contributed by atoms with van der Waals surface area (Å²) in [5.41, 5.74) is 8.01. The molecule has 0 bridgehead atoms. The van der Waals surface area contributed by atoms with E-state index in [2.05, 4.69) is 21.0 Å². The molecular weight excluding hydrogens is 356 g/mol. The molecule has 8 heteroatoms. The first kappa shape index (κ1) is 13.8. The number of nitrogens with two attached hydrogens (primary N) is 1. The third-order valence-electron chi connectivity index (χ3n) is 2.87. The first-order valence-corrected chi connectivity index (χ1v) is 7.51. The fraction of sp³-hybridized carbons (Fsp3) is 0. The second-order valence-corrected chi connectivity index (χ2v) is 6.72. The van der Waals surface area contributed by atoms with Crippen LogP contribution in [0.25, 0.3) is 16.3 Å². The van der Waals surface area contributed by atoms with Crippen LogP contribution in [0.1, 0.15) is 0 Å². The zero-order valence-corrected chi connectivity index (χ0v) is 13.0. The lowest BCUT2D eigenvalue weighted by Crippen LogP contribution is -1.95. The van der Waals surface area contributed by atoms with Crippen molar-refractivity contribution >= 4 is 38.6 Å². The molecule has 2 aromatic heterocycles. The molecule has 1 aromatic carbocycles. The van der Waals surface area contributed by atoms with Crippen LogP contribution in [-0.4, -0.2) is 14.7 Å². The number of thiophene rings is 1. The first-order valence-electron chi connectivity index (χ1n) is 5.90. The Bertz CT molecular complexity index is 810. The lowest BCUT2D eigenvalue weighted by molar-refractivity contribution is -0.384. The largest absolute Gasteiger partial charge is 0.396 e. The molecule has 0 aliphatic heterocycles. The van der Waals surface area contributed by atoms with E-state index in [1.165, 1.54) is 12.1 Å². The van der Waals surface area contributed by atoms with Gasteiger partial charge in [0.15, 0.2) is 0 Å². The van der Waals surface area contributed by atoms with Crippen molar-refractivity contribution in [1.29, 1.82) is 0 Å². The maximum Gasteiger partial charge on any atom is 0.269 e. The molecule has 0 saturated heterocycles. The van der Waals surface area contributed by atoms with Crippen molar-refractivity contribution in [1.82, 2.24) is 9.78 Å². The van der Waals surface area contributed by atoms with E-state index >= 15 is 0 Å².